The largest absolute Gasteiger partial charge is 0.514 e. The summed E-state index contributed by atoms with van der Waals surface area (Å²) in [5.74, 6) is 0. The Morgan fingerprint density at radius 1 is 1.07 bits per heavy atom. The molecule has 0 aliphatic carbocycles. The van der Waals surface area contributed by atoms with Crippen LogP contribution in [-0.2, 0) is 14.0 Å². The predicted octanol–water partition coefficient (Wildman–Crippen LogP) is 2.44. The van der Waals surface area contributed by atoms with Gasteiger partial charge < -0.3 is 23.8 Å². The molecule has 1 aromatic rings. The second-order valence-corrected chi connectivity index (χ2v) is 9.48. The molecule has 154 valence electrons. The fourth-order valence-corrected chi connectivity index (χ4v) is 3.16. The van der Waals surface area contributed by atoms with Crippen molar-refractivity contribution in [3.8, 4) is 0 Å². The van der Waals surface area contributed by atoms with Crippen LogP contribution in [0.2, 0.25) is 0 Å². The third-order valence-electron chi connectivity index (χ3n) is 5.56. The lowest BCUT2D eigenvalue weighted by atomic mass is 9.84. The lowest BCUT2D eigenvalue weighted by Crippen LogP contribution is -2.50. The van der Waals surface area contributed by atoms with Crippen molar-refractivity contribution in [3.63, 3.8) is 0 Å². The van der Waals surface area contributed by atoms with Gasteiger partial charge in [-0.1, -0.05) is 0 Å². The van der Waals surface area contributed by atoms with Gasteiger partial charge in [0.25, 0.3) is 0 Å². The van der Waals surface area contributed by atoms with E-state index in [1.54, 1.807) is 4.90 Å². The fourth-order valence-electron chi connectivity index (χ4n) is 3.16. The van der Waals surface area contributed by atoms with E-state index in [1.807, 2.05) is 66.8 Å². The highest BCUT2D eigenvalue weighted by Crippen LogP contribution is 2.36. The molecule has 0 atom stereocenters. The van der Waals surface area contributed by atoms with Gasteiger partial charge in [0.15, 0.2) is 0 Å². The monoisotopic (exact) mass is 389 g/mol. The average Bonchev–Trinajstić information content (AvgIpc) is 2.81. The highest BCUT2D eigenvalue weighted by molar-refractivity contribution is 6.61. The van der Waals surface area contributed by atoms with Gasteiger partial charge in [-0.2, -0.15) is 0 Å². The van der Waals surface area contributed by atoms with Crippen molar-refractivity contribution >= 4 is 24.5 Å². The smallest absolute Gasteiger partial charge is 0.444 e. The highest BCUT2D eigenvalue weighted by atomic mass is 16.7. The van der Waals surface area contributed by atoms with Gasteiger partial charge in [0, 0.05) is 32.4 Å². The van der Waals surface area contributed by atoms with E-state index in [0.29, 0.717) is 13.1 Å². The molecule has 3 rings (SSSR count). The molecule has 0 aromatic carbocycles. The Morgan fingerprint density at radius 2 is 1.64 bits per heavy atom. The van der Waals surface area contributed by atoms with Gasteiger partial charge in [-0.15, -0.1) is 0 Å². The zero-order valence-electron chi connectivity index (χ0n) is 18.1. The summed E-state index contributed by atoms with van der Waals surface area (Å²) in [6, 6.07) is 3.99. The van der Waals surface area contributed by atoms with Gasteiger partial charge in [0.2, 0.25) is 0 Å². The minimum atomic E-state index is -0.471. The molecule has 7 nitrogen and oxygen atoms in total. The van der Waals surface area contributed by atoms with E-state index in [4.69, 9.17) is 14.0 Å². The molecule has 0 saturated carbocycles. The van der Waals surface area contributed by atoms with Crippen LogP contribution in [0.5, 0.6) is 0 Å². The molecule has 0 radical (unpaired) electrons. The molecular weight excluding hydrogens is 357 g/mol. The van der Waals surface area contributed by atoms with Crippen LogP contribution >= 0.6 is 0 Å². The molecule has 0 N–H and O–H groups in total. The predicted molar refractivity (Wildman–Crippen MR) is 110 cm³/mol. The Bertz CT molecular complexity index is 691. The third-order valence-corrected chi connectivity index (χ3v) is 5.56. The molecule has 0 unspecified atom stereocenters. The van der Waals surface area contributed by atoms with Gasteiger partial charge in [0.1, 0.15) is 5.60 Å². The van der Waals surface area contributed by atoms with Crippen LogP contribution in [-0.4, -0.2) is 66.1 Å². The molecule has 1 aromatic heterocycles. The normalized spacial score (nSPS) is 21.8. The number of hydrogen-bond donors (Lipinski definition) is 0. The Labute approximate surface area is 168 Å². The number of pyridine rings is 1. The Morgan fingerprint density at radius 3 is 2.11 bits per heavy atom. The first-order valence-corrected chi connectivity index (χ1v) is 9.92. The van der Waals surface area contributed by atoms with Crippen LogP contribution in [0.15, 0.2) is 18.3 Å². The number of ether oxygens (including phenoxy) is 1. The molecule has 3 heterocycles. The maximum absolute atomic E-state index is 12.2. The van der Waals surface area contributed by atoms with Crippen molar-refractivity contribution in [3.05, 3.63) is 18.3 Å². The molecule has 8 heteroatoms. The molecule has 2 saturated heterocycles. The topological polar surface area (TPSA) is 64.1 Å². The van der Waals surface area contributed by atoms with Gasteiger partial charge in [0.05, 0.1) is 22.5 Å². The zero-order chi connectivity index (χ0) is 20.7. The SMILES string of the molecule is CC(C)(C)OC(=O)N1CCN(c2ccc(B3OC(C)(C)C(C)(C)O3)nc2)CC1. The number of carbonyl (C=O) groups is 1. The number of nitrogens with zero attached hydrogens (tertiary/aromatic N) is 3. The van der Waals surface area contributed by atoms with Crippen LogP contribution in [0.25, 0.3) is 0 Å². The van der Waals surface area contributed by atoms with E-state index in [-0.39, 0.29) is 17.3 Å². The molecule has 2 aliphatic rings. The van der Waals surface area contributed by atoms with Crippen LogP contribution in [0.4, 0.5) is 10.5 Å². The zero-order valence-corrected chi connectivity index (χ0v) is 18.1. The maximum atomic E-state index is 12.2. The fraction of sp³-hybridized carbons (Fsp3) is 0.700. The number of rotatable bonds is 2. The van der Waals surface area contributed by atoms with Gasteiger partial charge in [-0.25, -0.2) is 4.79 Å². The number of carbonyl (C=O) groups excluding carboxylic acids is 1. The maximum Gasteiger partial charge on any atom is 0.514 e. The molecule has 0 bridgehead atoms. The van der Waals surface area contributed by atoms with E-state index in [2.05, 4.69) is 9.88 Å². The van der Waals surface area contributed by atoms with E-state index >= 15 is 0 Å². The first-order chi connectivity index (χ1) is 12.9. The van der Waals surface area contributed by atoms with Crippen molar-refractivity contribution < 1.29 is 18.8 Å². The second-order valence-electron chi connectivity index (χ2n) is 9.48. The molecule has 0 spiro atoms. The van der Waals surface area contributed by atoms with Crippen LogP contribution in [0, 0.1) is 0 Å². The van der Waals surface area contributed by atoms with E-state index in [1.165, 1.54) is 0 Å². The summed E-state index contributed by atoms with van der Waals surface area (Å²) in [5, 5.41) is 0. The van der Waals surface area contributed by atoms with Gasteiger partial charge >= 0.3 is 13.2 Å². The third kappa shape index (κ3) is 4.44. The molecular formula is C20H32BN3O4. The summed E-state index contributed by atoms with van der Waals surface area (Å²) in [7, 11) is -0.455. The first kappa shape index (κ1) is 20.9. The highest BCUT2D eigenvalue weighted by Gasteiger charge is 2.52. The Kier molecular flexibility index (Phi) is 5.40. The average molecular weight is 389 g/mol. The van der Waals surface area contributed by atoms with Crippen molar-refractivity contribution in [1.82, 2.24) is 9.88 Å². The molecule has 1 amide bonds. The molecule has 2 fully saturated rings. The minimum absolute atomic E-state index is 0.249. The van der Waals surface area contributed by atoms with Crippen molar-refractivity contribution in [1.29, 1.82) is 0 Å². The van der Waals surface area contributed by atoms with E-state index < -0.39 is 12.7 Å². The second kappa shape index (κ2) is 7.23. The van der Waals surface area contributed by atoms with Crippen molar-refractivity contribution in [2.45, 2.75) is 65.3 Å². The number of aromatic nitrogens is 1. The van der Waals surface area contributed by atoms with Gasteiger partial charge in [-0.05, 0) is 60.6 Å². The van der Waals surface area contributed by atoms with Crippen molar-refractivity contribution in [2.75, 3.05) is 31.1 Å². The number of hydrogen-bond acceptors (Lipinski definition) is 6. The number of anilines is 1. The van der Waals surface area contributed by atoms with E-state index in [9.17, 15) is 4.79 Å². The lowest BCUT2D eigenvalue weighted by Gasteiger charge is -2.36. The van der Waals surface area contributed by atoms with Crippen LogP contribution < -0.4 is 10.5 Å². The van der Waals surface area contributed by atoms with Crippen LogP contribution in [0.1, 0.15) is 48.5 Å². The Balaban J connectivity index is 1.58. The molecule has 2 aliphatic heterocycles. The summed E-state index contributed by atoms with van der Waals surface area (Å²) in [6.07, 6.45) is 1.60. The standard InChI is InChI=1S/C20H32BN3O4/c1-18(2,3)26-17(25)24-12-10-23(11-13-24)15-8-9-16(22-14-15)21-27-19(4,5)20(6,7)28-21/h8-9,14H,10-13H2,1-7H3. The van der Waals surface area contributed by atoms with Crippen LogP contribution in [0.3, 0.4) is 0 Å². The van der Waals surface area contributed by atoms with E-state index in [0.717, 1.165) is 24.4 Å². The summed E-state index contributed by atoms with van der Waals surface area (Å²) < 4.78 is 17.6. The summed E-state index contributed by atoms with van der Waals surface area (Å²) >= 11 is 0. The minimum Gasteiger partial charge on any atom is -0.444 e. The van der Waals surface area contributed by atoms with Crippen molar-refractivity contribution in [2.24, 2.45) is 0 Å². The molecule has 28 heavy (non-hydrogen) atoms. The first-order valence-electron chi connectivity index (χ1n) is 9.92. The summed E-state index contributed by atoms with van der Waals surface area (Å²) in [4.78, 5) is 20.8. The summed E-state index contributed by atoms with van der Waals surface area (Å²) in [6.45, 7) is 16.5. The Hall–Kier alpha value is -1.80. The van der Waals surface area contributed by atoms with Gasteiger partial charge in [-0.3, -0.25) is 4.98 Å². The number of piperazine rings is 1. The number of amides is 1. The quantitative estimate of drug-likeness (QED) is 0.724. The summed E-state index contributed by atoms with van der Waals surface area (Å²) in [5.41, 5.74) is 0.576. The lowest BCUT2D eigenvalue weighted by molar-refractivity contribution is 0.00578.